The summed E-state index contributed by atoms with van der Waals surface area (Å²) in [6, 6.07) is 18.2. The number of carbonyl (C=O) groups is 1. The fourth-order valence-electron chi connectivity index (χ4n) is 4.19. The molecule has 0 saturated carbocycles. The van der Waals surface area contributed by atoms with Crippen molar-refractivity contribution in [2.45, 2.75) is 0 Å². The van der Waals surface area contributed by atoms with Crippen LogP contribution in [0, 0.1) is 11.6 Å². The van der Waals surface area contributed by atoms with Crippen molar-refractivity contribution < 1.29 is 13.6 Å². The summed E-state index contributed by atoms with van der Waals surface area (Å²) in [4.78, 5) is 17.2. The van der Waals surface area contributed by atoms with E-state index in [1.807, 2.05) is 40.9 Å². The second kappa shape index (κ2) is 8.54. The number of nitrogens with zero attached hydrogens (tertiary/aromatic N) is 5. The Hall–Kier alpha value is -3.94. The number of aromatic nitrogens is 3. The Kier molecular flexibility index (Phi) is 5.42. The van der Waals surface area contributed by atoms with Crippen molar-refractivity contribution in [1.29, 1.82) is 0 Å². The maximum absolute atomic E-state index is 14.2. The summed E-state index contributed by atoms with van der Waals surface area (Å²) in [5.41, 5.74) is 3.07. The SMILES string of the molecule is Cn1cccc1-c1cc(C(=O)N2CCN(c3ccccc3F)CC2)n(-c2ccc(F)cc2)n1. The summed E-state index contributed by atoms with van der Waals surface area (Å²) < 4.78 is 31.2. The number of carbonyl (C=O) groups excluding carboxylic acids is 1. The van der Waals surface area contributed by atoms with Gasteiger partial charge in [-0.25, -0.2) is 13.5 Å². The van der Waals surface area contributed by atoms with E-state index in [0.29, 0.717) is 48.9 Å². The van der Waals surface area contributed by atoms with Crippen molar-refractivity contribution >= 4 is 11.6 Å². The molecule has 168 valence electrons. The Balaban J connectivity index is 1.44. The summed E-state index contributed by atoms with van der Waals surface area (Å²) in [6.45, 7) is 1.98. The third kappa shape index (κ3) is 4.00. The minimum Gasteiger partial charge on any atom is -0.366 e. The molecule has 8 heteroatoms. The van der Waals surface area contributed by atoms with Gasteiger partial charge in [0, 0.05) is 39.4 Å². The van der Waals surface area contributed by atoms with E-state index in [-0.39, 0.29) is 17.5 Å². The molecule has 4 aromatic rings. The van der Waals surface area contributed by atoms with Gasteiger partial charge in [-0.2, -0.15) is 5.10 Å². The van der Waals surface area contributed by atoms with Crippen LogP contribution in [-0.2, 0) is 7.05 Å². The first-order valence-corrected chi connectivity index (χ1v) is 10.8. The lowest BCUT2D eigenvalue weighted by molar-refractivity contribution is 0.0737. The Morgan fingerprint density at radius 1 is 0.909 bits per heavy atom. The van der Waals surface area contributed by atoms with E-state index in [1.165, 1.54) is 18.2 Å². The van der Waals surface area contributed by atoms with Gasteiger partial charge in [-0.05, 0) is 54.6 Å². The molecule has 1 fully saturated rings. The molecule has 2 aromatic carbocycles. The normalized spacial score (nSPS) is 14.0. The van der Waals surface area contributed by atoms with E-state index in [2.05, 4.69) is 5.10 Å². The van der Waals surface area contributed by atoms with Crippen LogP contribution in [0.1, 0.15) is 10.5 Å². The Morgan fingerprint density at radius 3 is 2.30 bits per heavy atom. The number of hydrogen-bond donors (Lipinski definition) is 0. The van der Waals surface area contributed by atoms with E-state index in [1.54, 1.807) is 39.9 Å². The van der Waals surface area contributed by atoms with Gasteiger partial charge in [0.05, 0.1) is 17.1 Å². The quantitative estimate of drug-likeness (QED) is 0.473. The summed E-state index contributed by atoms with van der Waals surface area (Å²) in [5, 5.41) is 4.67. The van der Waals surface area contributed by atoms with Crippen molar-refractivity contribution in [3.05, 3.63) is 90.3 Å². The highest BCUT2D eigenvalue weighted by Gasteiger charge is 2.27. The van der Waals surface area contributed by atoms with Gasteiger partial charge in [0.15, 0.2) is 0 Å². The van der Waals surface area contributed by atoms with Crippen molar-refractivity contribution in [2.24, 2.45) is 7.05 Å². The van der Waals surface area contributed by atoms with Gasteiger partial charge in [0.25, 0.3) is 5.91 Å². The average Bonchev–Trinajstić information content (AvgIpc) is 3.46. The first-order valence-electron chi connectivity index (χ1n) is 10.8. The minimum absolute atomic E-state index is 0.166. The maximum Gasteiger partial charge on any atom is 0.272 e. The van der Waals surface area contributed by atoms with E-state index >= 15 is 0 Å². The number of piperazine rings is 1. The third-order valence-corrected chi connectivity index (χ3v) is 5.97. The molecule has 1 aliphatic rings. The molecular weight excluding hydrogens is 424 g/mol. The highest BCUT2D eigenvalue weighted by molar-refractivity contribution is 5.94. The van der Waals surface area contributed by atoms with E-state index in [9.17, 15) is 13.6 Å². The zero-order chi connectivity index (χ0) is 22.9. The van der Waals surface area contributed by atoms with Crippen LogP contribution < -0.4 is 4.90 Å². The standard InChI is InChI=1S/C25H23F2N5O/c1-29-12-4-7-23(29)21-17-24(32(28-21)19-10-8-18(26)9-11-19)25(33)31-15-13-30(14-16-31)22-6-3-2-5-20(22)27/h2-12,17H,13-16H2,1H3. The van der Waals surface area contributed by atoms with Crippen LogP contribution in [0.3, 0.4) is 0 Å². The molecule has 0 unspecified atom stereocenters. The topological polar surface area (TPSA) is 46.3 Å². The lowest BCUT2D eigenvalue weighted by atomic mass is 10.2. The van der Waals surface area contributed by atoms with Crippen molar-refractivity contribution in [2.75, 3.05) is 31.1 Å². The molecule has 1 saturated heterocycles. The van der Waals surface area contributed by atoms with Gasteiger partial charge >= 0.3 is 0 Å². The average molecular weight is 447 g/mol. The monoisotopic (exact) mass is 447 g/mol. The van der Waals surface area contributed by atoms with Crippen molar-refractivity contribution in [3.8, 4) is 17.1 Å². The van der Waals surface area contributed by atoms with Crippen LogP contribution in [0.15, 0.2) is 72.9 Å². The molecular formula is C25H23F2N5O. The molecule has 3 heterocycles. The summed E-state index contributed by atoms with van der Waals surface area (Å²) in [7, 11) is 1.91. The van der Waals surface area contributed by atoms with Gasteiger partial charge in [0.2, 0.25) is 0 Å². The predicted molar refractivity (Wildman–Crippen MR) is 122 cm³/mol. The molecule has 5 rings (SSSR count). The molecule has 33 heavy (non-hydrogen) atoms. The smallest absolute Gasteiger partial charge is 0.272 e. The molecule has 0 N–H and O–H groups in total. The van der Waals surface area contributed by atoms with Gasteiger partial charge in [0.1, 0.15) is 23.0 Å². The molecule has 1 amide bonds. The molecule has 0 spiro atoms. The van der Waals surface area contributed by atoms with Gasteiger partial charge in [-0.3, -0.25) is 4.79 Å². The third-order valence-electron chi connectivity index (χ3n) is 5.97. The van der Waals surface area contributed by atoms with Crippen molar-refractivity contribution in [1.82, 2.24) is 19.2 Å². The van der Waals surface area contributed by atoms with Gasteiger partial charge < -0.3 is 14.4 Å². The van der Waals surface area contributed by atoms with Crippen molar-refractivity contribution in [3.63, 3.8) is 0 Å². The Bertz CT molecular complexity index is 1290. The molecule has 6 nitrogen and oxygen atoms in total. The second-order valence-corrected chi connectivity index (χ2v) is 8.04. The van der Waals surface area contributed by atoms with E-state index in [0.717, 1.165) is 5.69 Å². The fraction of sp³-hybridized carbons (Fsp3) is 0.200. The second-order valence-electron chi connectivity index (χ2n) is 8.04. The number of hydrogen-bond acceptors (Lipinski definition) is 3. The molecule has 1 aliphatic heterocycles. The highest BCUT2D eigenvalue weighted by Crippen LogP contribution is 2.25. The summed E-state index contributed by atoms with van der Waals surface area (Å²) in [5.74, 6) is -0.787. The lowest BCUT2D eigenvalue weighted by Gasteiger charge is -2.36. The molecule has 2 aromatic heterocycles. The number of halogens is 2. The zero-order valence-corrected chi connectivity index (χ0v) is 18.2. The van der Waals surface area contributed by atoms with Gasteiger partial charge in [-0.15, -0.1) is 0 Å². The predicted octanol–water partition coefficient (Wildman–Crippen LogP) is 4.12. The van der Waals surface area contributed by atoms with Crippen LogP contribution in [-0.4, -0.2) is 51.3 Å². The van der Waals surface area contributed by atoms with Crippen LogP contribution >= 0.6 is 0 Å². The first kappa shape index (κ1) is 20.9. The summed E-state index contributed by atoms with van der Waals surface area (Å²) >= 11 is 0. The van der Waals surface area contributed by atoms with Crippen LogP contribution in [0.4, 0.5) is 14.5 Å². The lowest BCUT2D eigenvalue weighted by Crippen LogP contribution is -2.49. The molecule has 0 radical (unpaired) electrons. The minimum atomic E-state index is -0.356. The number of amides is 1. The van der Waals surface area contributed by atoms with Gasteiger partial charge in [-0.1, -0.05) is 12.1 Å². The molecule has 0 atom stereocenters. The number of aryl methyl sites for hydroxylation is 1. The Morgan fingerprint density at radius 2 is 1.64 bits per heavy atom. The fourth-order valence-corrected chi connectivity index (χ4v) is 4.19. The van der Waals surface area contributed by atoms with Crippen LogP contribution in [0.5, 0.6) is 0 Å². The number of rotatable bonds is 4. The number of para-hydroxylation sites is 1. The summed E-state index contributed by atoms with van der Waals surface area (Å²) in [6.07, 6.45) is 1.91. The number of benzene rings is 2. The highest BCUT2D eigenvalue weighted by atomic mass is 19.1. The molecule has 0 aliphatic carbocycles. The maximum atomic E-state index is 14.2. The first-order chi connectivity index (χ1) is 16.0. The van der Waals surface area contributed by atoms with Crippen LogP contribution in [0.25, 0.3) is 17.1 Å². The molecule has 0 bridgehead atoms. The van der Waals surface area contributed by atoms with Crippen LogP contribution in [0.2, 0.25) is 0 Å². The Labute approximate surface area is 190 Å². The number of anilines is 1. The van der Waals surface area contributed by atoms with E-state index < -0.39 is 0 Å². The largest absolute Gasteiger partial charge is 0.366 e. The van der Waals surface area contributed by atoms with E-state index in [4.69, 9.17) is 0 Å². The zero-order valence-electron chi connectivity index (χ0n) is 18.2.